The molecule has 0 saturated carbocycles. The molecule has 10 heteroatoms. The fourth-order valence-corrected chi connectivity index (χ4v) is 3.91. The van der Waals surface area contributed by atoms with Crippen LogP contribution in [0.2, 0.25) is 0 Å². The number of para-hydroxylation sites is 1. The van der Waals surface area contributed by atoms with Crippen LogP contribution in [0.25, 0.3) is 0 Å². The molecule has 0 aliphatic carbocycles. The minimum Gasteiger partial charge on any atom is -0.496 e. The molecule has 2 aromatic rings. The number of methoxy groups -OCH3 is 3. The number of benzene rings is 2. The van der Waals surface area contributed by atoms with E-state index in [-0.39, 0.29) is 4.90 Å². The van der Waals surface area contributed by atoms with Gasteiger partial charge in [0.2, 0.25) is 10.0 Å². The van der Waals surface area contributed by atoms with Gasteiger partial charge in [0.1, 0.15) is 5.75 Å². The van der Waals surface area contributed by atoms with Gasteiger partial charge >= 0.3 is 0 Å². The summed E-state index contributed by atoms with van der Waals surface area (Å²) in [6.45, 7) is 1.34. The van der Waals surface area contributed by atoms with E-state index in [2.05, 4.69) is 10.5 Å². The highest BCUT2D eigenvalue weighted by molar-refractivity contribution is 7.89. The lowest BCUT2D eigenvalue weighted by molar-refractivity contribution is -0.121. The van der Waals surface area contributed by atoms with Gasteiger partial charge < -0.3 is 14.2 Å². The number of sulfonamides is 1. The van der Waals surface area contributed by atoms with Gasteiger partial charge in [-0.3, -0.25) is 4.79 Å². The third-order valence-corrected chi connectivity index (χ3v) is 6.07. The standard InChI is InChI=1S/C20H25N3O6S/c1-14-11-16(9-10-17(14)27-3)30(25,26)23(2)13-19(24)22-21-12-15-7-6-8-18(28-4)20(15)29-5/h6-12H,13H2,1-5H3,(H,22,24)/b21-12-. The number of hydrogen-bond donors (Lipinski definition) is 1. The first-order chi connectivity index (χ1) is 14.2. The van der Waals surface area contributed by atoms with Crippen LogP contribution in [0.4, 0.5) is 0 Å². The number of carbonyl (C=O) groups is 1. The monoisotopic (exact) mass is 435 g/mol. The predicted molar refractivity (Wildman–Crippen MR) is 113 cm³/mol. The fraction of sp³-hybridized carbons (Fsp3) is 0.300. The molecule has 0 aliphatic rings. The van der Waals surface area contributed by atoms with Crippen molar-refractivity contribution in [2.24, 2.45) is 5.10 Å². The molecule has 2 rings (SSSR count). The number of nitrogens with one attached hydrogen (secondary N) is 1. The number of nitrogens with zero attached hydrogens (tertiary/aromatic N) is 2. The zero-order valence-electron chi connectivity index (χ0n) is 17.5. The van der Waals surface area contributed by atoms with Crippen molar-refractivity contribution in [2.45, 2.75) is 11.8 Å². The molecule has 0 heterocycles. The predicted octanol–water partition coefficient (Wildman–Crippen LogP) is 1.79. The molecule has 0 bridgehead atoms. The number of aryl methyl sites for hydroxylation is 1. The average Bonchev–Trinajstić information content (AvgIpc) is 2.73. The first kappa shape index (κ1) is 23.2. The maximum atomic E-state index is 12.7. The molecule has 0 unspecified atom stereocenters. The van der Waals surface area contributed by atoms with E-state index < -0.39 is 22.5 Å². The number of rotatable bonds is 9. The lowest BCUT2D eigenvalue weighted by atomic mass is 10.2. The summed E-state index contributed by atoms with van der Waals surface area (Å²) in [6, 6.07) is 9.72. The molecule has 0 saturated heterocycles. The average molecular weight is 436 g/mol. The van der Waals surface area contributed by atoms with Crippen LogP contribution in [0.1, 0.15) is 11.1 Å². The normalized spacial score (nSPS) is 11.5. The summed E-state index contributed by atoms with van der Waals surface area (Å²) in [5.41, 5.74) is 3.58. The lowest BCUT2D eigenvalue weighted by Crippen LogP contribution is -2.36. The van der Waals surface area contributed by atoms with E-state index in [1.165, 1.54) is 46.7 Å². The van der Waals surface area contributed by atoms with Gasteiger partial charge in [0.05, 0.1) is 39.0 Å². The molecule has 9 nitrogen and oxygen atoms in total. The van der Waals surface area contributed by atoms with Crippen molar-refractivity contribution < 1.29 is 27.4 Å². The van der Waals surface area contributed by atoms with Crippen molar-refractivity contribution in [2.75, 3.05) is 34.9 Å². The number of carbonyl (C=O) groups excluding carboxylic acids is 1. The second-order valence-corrected chi connectivity index (χ2v) is 8.31. The third-order valence-electron chi connectivity index (χ3n) is 4.27. The maximum absolute atomic E-state index is 12.7. The van der Waals surface area contributed by atoms with E-state index in [9.17, 15) is 13.2 Å². The number of hydrogen-bond acceptors (Lipinski definition) is 7. The van der Waals surface area contributed by atoms with Crippen molar-refractivity contribution >= 4 is 22.1 Å². The lowest BCUT2D eigenvalue weighted by Gasteiger charge is -2.17. The van der Waals surface area contributed by atoms with Gasteiger partial charge in [-0.25, -0.2) is 13.8 Å². The molecule has 162 valence electrons. The molecule has 0 aliphatic heterocycles. The summed E-state index contributed by atoms with van der Waals surface area (Å²) in [4.78, 5) is 12.2. The van der Waals surface area contributed by atoms with Crippen LogP contribution < -0.4 is 19.6 Å². The highest BCUT2D eigenvalue weighted by Crippen LogP contribution is 2.29. The van der Waals surface area contributed by atoms with Crippen molar-refractivity contribution in [1.82, 2.24) is 9.73 Å². The van der Waals surface area contributed by atoms with Crippen molar-refractivity contribution in [3.63, 3.8) is 0 Å². The van der Waals surface area contributed by atoms with E-state index in [1.807, 2.05) is 0 Å². The van der Waals surface area contributed by atoms with Crippen LogP contribution in [0.3, 0.4) is 0 Å². The quantitative estimate of drug-likeness (QED) is 0.475. The second kappa shape index (κ2) is 10.1. The Balaban J connectivity index is 2.06. The smallest absolute Gasteiger partial charge is 0.255 e. The van der Waals surface area contributed by atoms with Gasteiger partial charge in [-0.1, -0.05) is 6.07 Å². The topological polar surface area (TPSA) is 107 Å². The second-order valence-electron chi connectivity index (χ2n) is 6.27. The molecule has 1 amide bonds. The first-order valence-corrected chi connectivity index (χ1v) is 10.3. The van der Waals surface area contributed by atoms with Gasteiger partial charge in [-0.2, -0.15) is 9.41 Å². The Morgan fingerprint density at radius 3 is 2.40 bits per heavy atom. The summed E-state index contributed by atoms with van der Waals surface area (Å²) in [7, 11) is 1.99. The summed E-state index contributed by atoms with van der Waals surface area (Å²) >= 11 is 0. The fourth-order valence-electron chi connectivity index (χ4n) is 2.70. The minimum absolute atomic E-state index is 0.0701. The van der Waals surface area contributed by atoms with Crippen molar-refractivity contribution in [1.29, 1.82) is 0 Å². The van der Waals surface area contributed by atoms with E-state index in [0.29, 0.717) is 28.4 Å². The van der Waals surface area contributed by atoms with Crippen LogP contribution in [0.5, 0.6) is 17.2 Å². The van der Waals surface area contributed by atoms with Crippen LogP contribution >= 0.6 is 0 Å². The SMILES string of the molecule is COc1ccc(S(=O)(=O)N(C)CC(=O)N/N=C\c2cccc(OC)c2OC)cc1C. The number of likely N-dealkylation sites (N-methyl/N-ethyl adjacent to an activating group) is 1. The van der Waals surface area contributed by atoms with Gasteiger partial charge in [0, 0.05) is 12.6 Å². The Morgan fingerprint density at radius 1 is 1.10 bits per heavy atom. The summed E-state index contributed by atoms with van der Waals surface area (Å²) in [5.74, 6) is 0.974. The van der Waals surface area contributed by atoms with E-state index >= 15 is 0 Å². The Hall–Kier alpha value is -3.11. The number of hydrazone groups is 1. The molecule has 0 radical (unpaired) electrons. The van der Waals surface area contributed by atoms with E-state index in [1.54, 1.807) is 31.2 Å². The Kier molecular flexibility index (Phi) is 7.79. The first-order valence-electron chi connectivity index (χ1n) is 8.88. The zero-order valence-corrected chi connectivity index (χ0v) is 18.3. The summed E-state index contributed by atoms with van der Waals surface area (Å²) in [6.07, 6.45) is 1.39. The molecular weight excluding hydrogens is 410 g/mol. The highest BCUT2D eigenvalue weighted by atomic mass is 32.2. The third kappa shape index (κ3) is 5.28. The zero-order chi connectivity index (χ0) is 22.3. The van der Waals surface area contributed by atoms with E-state index in [0.717, 1.165) is 4.31 Å². The van der Waals surface area contributed by atoms with Crippen molar-refractivity contribution in [3.8, 4) is 17.2 Å². The number of amides is 1. The molecule has 0 fully saturated rings. The van der Waals surface area contributed by atoms with E-state index in [4.69, 9.17) is 14.2 Å². The van der Waals surface area contributed by atoms with Gasteiger partial charge in [0.25, 0.3) is 5.91 Å². The molecular formula is C20H25N3O6S. The number of ether oxygens (including phenoxy) is 3. The Bertz CT molecular complexity index is 1040. The van der Waals surface area contributed by atoms with Crippen molar-refractivity contribution in [3.05, 3.63) is 47.5 Å². The molecule has 0 spiro atoms. The van der Waals surface area contributed by atoms with Crippen LogP contribution in [0, 0.1) is 6.92 Å². The molecule has 0 atom stereocenters. The maximum Gasteiger partial charge on any atom is 0.255 e. The van der Waals surface area contributed by atoms with Gasteiger partial charge in [-0.05, 0) is 42.8 Å². The molecule has 0 aromatic heterocycles. The van der Waals surface area contributed by atoms with Crippen LogP contribution in [0.15, 0.2) is 46.4 Å². The minimum atomic E-state index is -3.85. The molecule has 2 aromatic carbocycles. The Morgan fingerprint density at radius 2 is 1.80 bits per heavy atom. The summed E-state index contributed by atoms with van der Waals surface area (Å²) in [5, 5.41) is 3.87. The molecule has 1 N–H and O–H groups in total. The Labute approximate surface area is 176 Å². The van der Waals surface area contributed by atoms with Crippen LogP contribution in [-0.4, -0.2) is 59.8 Å². The molecule has 30 heavy (non-hydrogen) atoms. The summed E-state index contributed by atoms with van der Waals surface area (Å²) < 4.78 is 42.0. The largest absolute Gasteiger partial charge is 0.496 e. The van der Waals surface area contributed by atoms with Crippen LogP contribution in [-0.2, 0) is 14.8 Å². The van der Waals surface area contributed by atoms with Gasteiger partial charge in [-0.15, -0.1) is 0 Å². The van der Waals surface area contributed by atoms with Gasteiger partial charge in [0.15, 0.2) is 11.5 Å². The highest BCUT2D eigenvalue weighted by Gasteiger charge is 2.23.